The minimum Gasteiger partial charge on any atom is -0.388 e. The van der Waals surface area contributed by atoms with Crippen LogP contribution in [0.15, 0.2) is 41.8 Å². The number of thiophene rings is 1. The molecule has 2 aromatic rings. The molecule has 0 radical (unpaired) electrons. The van der Waals surface area contributed by atoms with Crippen molar-refractivity contribution in [1.82, 2.24) is 4.90 Å². The largest absolute Gasteiger partial charge is 0.388 e. The maximum absolute atomic E-state index is 10.4. The van der Waals surface area contributed by atoms with Crippen LogP contribution in [0, 0.1) is 6.92 Å². The molecule has 1 N–H and O–H groups in total. The fourth-order valence-corrected chi connectivity index (χ4v) is 3.26. The van der Waals surface area contributed by atoms with Crippen LogP contribution in [0.4, 0.5) is 0 Å². The van der Waals surface area contributed by atoms with E-state index in [-0.39, 0.29) is 6.10 Å². The predicted octanol–water partition coefficient (Wildman–Crippen LogP) is 4.39. The lowest BCUT2D eigenvalue weighted by atomic mass is 10.0. The van der Waals surface area contributed by atoms with Crippen molar-refractivity contribution in [3.05, 3.63) is 57.8 Å². The maximum Gasteiger partial charge on any atom is 0.0804 e. The van der Waals surface area contributed by atoms with Crippen molar-refractivity contribution < 1.29 is 5.11 Å². The second-order valence-corrected chi connectivity index (χ2v) is 6.84. The Hall–Kier alpha value is -1.16. The summed E-state index contributed by atoms with van der Waals surface area (Å²) in [7, 11) is 0. The molecule has 0 aliphatic rings. The van der Waals surface area contributed by atoms with E-state index in [1.165, 1.54) is 10.4 Å². The zero-order chi connectivity index (χ0) is 15.2. The highest BCUT2D eigenvalue weighted by atomic mass is 32.1. The van der Waals surface area contributed by atoms with Crippen LogP contribution in [0.1, 0.15) is 42.4 Å². The molecular weight excluding hydrogens is 278 g/mol. The van der Waals surface area contributed by atoms with E-state index in [0.717, 1.165) is 25.1 Å². The topological polar surface area (TPSA) is 23.5 Å². The summed E-state index contributed by atoms with van der Waals surface area (Å²) in [6, 6.07) is 12.9. The number of hydrogen-bond acceptors (Lipinski definition) is 3. The Balaban J connectivity index is 1.94. The second kappa shape index (κ2) is 7.74. The SMILES string of the molecule is Cc1ccccc1C(O)CCN(Cc1cccs1)C(C)C. The molecule has 0 bridgehead atoms. The molecule has 0 saturated carbocycles. The van der Waals surface area contributed by atoms with Crippen molar-refractivity contribution in [3.63, 3.8) is 0 Å². The van der Waals surface area contributed by atoms with Gasteiger partial charge in [0.05, 0.1) is 6.10 Å². The van der Waals surface area contributed by atoms with Gasteiger partial charge in [-0.2, -0.15) is 0 Å². The molecular formula is C18H25NOS. The standard InChI is InChI=1S/C18H25NOS/c1-14(2)19(13-16-8-6-12-21-16)11-10-18(20)17-9-5-4-7-15(17)3/h4-9,12,14,18,20H,10-11,13H2,1-3H3. The molecule has 2 rings (SSSR count). The second-order valence-electron chi connectivity index (χ2n) is 5.80. The number of hydrogen-bond donors (Lipinski definition) is 1. The molecule has 0 aliphatic heterocycles. The molecule has 114 valence electrons. The zero-order valence-corrected chi connectivity index (χ0v) is 13.9. The summed E-state index contributed by atoms with van der Waals surface area (Å²) in [5, 5.41) is 12.6. The summed E-state index contributed by atoms with van der Waals surface area (Å²) in [4.78, 5) is 3.81. The maximum atomic E-state index is 10.4. The third kappa shape index (κ3) is 4.67. The number of aliphatic hydroxyl groups is 1. The van der Waals surface area contributed by atoms with Gasteiger partial charge in [0.2, 0.25) is 0 Å². The summed E-state index contributed by atoms with van der Waals surface area (Å²) in [6.45, 7) is 8.37. The van der Waals surface area contributed by atoms with Gasteiger partial charge in [0.15, 0.2) is 0 Å². The van der Waals surface area contributed by atoms with Crippen molar-refractivity contribution in [2.45, 2.75) is 45.9 Å². The number of nitrogens with zero attached hydrogens (tertiary/aromatic N) is 1. The Kier molecular flexibility index (Phi) is 5.97. The minimum absolute atomic E-state index is 0.379. The molecule has 2 nitrogen and oxygen atoms in total. The Morgan fingerprint density at radius 3 is 2.52 bits per heavy atom. The molecule has 0 amide bonds. The Bertz CT molecular complexity index is 536. The van der Waals surface area contributed by atoms with Crippen LogP contribution in [0.5, 0.6) is 0 Å². The molecule has 0 spiro atoms. The fourth-order valence-electron chi connectivity index (χ4n) is 2.53. The Morgan fingerprint density at radius 2 is 1.90 bits per heavy atom. The smallest absolute Gasteiger partial charge is 0.0804 e. The normalized spacial score (nSPS) is 13.0. The Morgan fingerprint density at radius 1 is 1.14 bits per heavy atom. The highest BCUT2D eigenvalue weighted by molar-refractivity contribution is 7.09. The van der Waals surface area contributed by atoms with Gasteiger partial charge in [-0.25, -0.2) is 0 Å². The number of benzene rings is 1. The van der Waals surface area contributed by atoms with E-state index in [2.05, 4.69) is 49.3 Å². The molecule has 1 unspecified atom stereocenters. The van der Waals surface area contributed by atoms with Gasteiger partial charge in [-0.15, -0.1) is 11.3 Å². The van der Waals surface area contributed by atoms with Crippen LogP contribution in [-0.2, 0) is 6.54 Å². The molecule has 21 heavy (non-hydrogen) atoms. The van der Waals surface area contributed by atoms with E-state index in [0.29, 0.717) is 6.04 Å². The van der Waals surface area contributed by atoms with Gasteiger partial charge >= 0.3 is 0 Å². The lowest BCUT2D eigenvalue weighted by Gasteiger charge is -2.27. The summed E-state index contributed by atoms with van der Waals surface area (Å²) < 4.78 is 0. The van der Waals surface area contributed by atoms with Crippen molar-refractivity contribution >= 4 is 11.3 Å². The first-order valence-corrected chi connectivity index (χ1v) is 8.46. The summed E-state index contributed by atoms with van der Waals surface area (Å²) in [5.41, 5.74) is 2.22. The molecule has 3 heteroatoms. The van der Waals surface area contributed by atoms with Crippen LogP contribution in [0.2, 0.25) is 0 Å². The first-order chi connectivity index (χ1) is 10.1. The van der Waals surface area contributed by atoms with E-state index in [1.807, 2.05) is 18.2 Å². The highest BCUT2D eigenvalue weighted by Gasteiger charge is 2.15. The van der Waals surface area contributed by atoms with E-state index in [4.69, 9.17) is 0 Å². The summed E-state index contributed by atoms with van der Waals surface area (Å²) >= 11 is 1.80. The quantitative estimate of drug-likeness (QED) is 0.820. The van der Waals surface area contributed by atoms with Crippen LogP contribution in [0.25, 0.3) is 0 Å². The van der Waals surface area contributed by atoms with E-state index < -0.39 is 0 Å². The monoisotopic (exact) mass is 303 g/mol. The zero-order valence-electron chi connectivity index (χ0n) is 13.1. The number of rotatable bonds is 7. The van der Waals surface area contributed by atoms with E-state index >= 15 is 0 Å². The number of aliphatic hydroxyl groups excluding tert-OH is 1. The van der Waals surface area contributed by atoms with Gasteiger partial charge in [-0.1, -0.05) is 30.3 Å². The molecule has 1 heterocycles. The third-order valence-corrected chi connectivity index (χ3v) is 4.77. The van der Waals surface area contributed by atoms with Crippen molar-refractivity contribution in [3.8, 4) is 0 Å². The fraction of sp³-hybridized carbons (Fsp3) is 0.444. The number of aryl methyl sites for hydroxylation is 1. The van der Waals surface area contributed by atoms with Crippen LogP contribution in [-0.4, -0.2) is 22.6 Å². The molecule has 1 aromatic heterocycles. The first kappa shape index (κ1) is 16.2. The van der Waals surface area contributed by atoms with Crippen LogP contribution in [0.3, 0.4) is 0 Å². The van der Waals surface area contributed by atoms with E-state index in [9.17, 15) is 5.11 Å². The molecule has 0 aliphatic carbocycles. The minimum atomic E-state index is -0.379. The third-order valence-electron chi connectivity index (χ3n) is 3.91. The van der Waals surface area contributed by atoms with Crippen molar-refractivity contribution in [1.29, 1.82) is 0 Å². The molecule has 1 atom stereocenters. The van der Waals surface area contributed by atoms with Crippen molar-refractivity contribution in [2.75, 3.05) is 6.54 Å². The highest BCUT2D eigenvalue weighted by Crippen LogP contribution is 2.22. The average molecular weight is 303 g/mol. The molecule has 1 aromatic carbocycles. The lowest BCUT2D eigenvalue weighted by Crippen LogP contribution is -2.31. The average Bonchev–Trinajstić information content (AvgIpc) is 2.96. The molecule has 0 saturated heterocycles. The van der Waals surface area contributed by atoms with Gasteiger partial charge < -0.3 is 5.11 Å². The van der Waals surface area contributed by atoms with Crippen LogP contribution < -0.4 is 0 Å². The predicted molar refractivity (Wildman–Crippen MR) is 90.6 cm³/mol. The van der Waals surface area contributed by atoms with Crippen LogP contribution >= 0.6 is 11.3 Å². The summed E-state index contributed by atoms with van der Waals surface area (Å²) in [5.74, 6) is 0. The van der Waals surface area contributed by atoms with Crippen molar-refractivity contribution in [2.24, 2.45) is 0 Å². The van der Waals surface area contributed by atoms with Gasteiger partial charge in [-0.05, 0) is 49.8 Å². The lowest BCUT2D eigenvalue weighted by molar-refractivity contribution is 0.127. The molecule has 0 fully saturated rings. The summed E-state index contributed by atoms with van der Waals surface area (Å²) in [6.07, 6.45) is 0.393. The Labute approximate surface area is 132 Å². The van der Waals surface area contributed by atoms with Gasteiger partial charge in [0, 0.05) is 24.0 Å². The first-order valence-electron chi connectivity index (χ1n) is 7.58. The van der Waals surface area contributed by atoms with Gasteiger partial charge in [-0.3, -0.25) is 4.90 Å². The van der Waals surface area contributed by atoms with E-state index in [1.54, 1.807) is 11.3 Å². The van der Waals surface area contributed by atoms with Gasteiger partial charge in [0.25, 0.3) is 0 Å². The van der Waals surface area contributed by atoms with Gasteiger partial charge in [0.1, 0.15) is 0 Å².